The fourth-order valence-electron chi connectivity index (χ4n) is 3.34. The molecule has 0 spiro atoms. The number of hydrogen-bond donors (Lipinski definition) is 2. The molecule has 0 bridgehead atoms. The lowest BCUT2D eigenvalue weighted by Crippen LogP contribution is -2.24. The average molecular weight is 376 g/mol. The molecule has 0 radical (unpaired) electrons. The third-order valence-corrected chi connectivity index (χ3v) is 6.49. The average Bonchev–Trinajstić information content (AvgIpc) is 2.75. The van der Waals surface area contributed by atoms with Crippen LogP contribution in [0.15, 0.2) is 57.6 Å². The molecular formula is C18H18ClN3O2S. The number of halogens is 1. The first kappa shape index (κ1) is 16.6. The predicted molar refractivity (Wildman–Crippen MR) is 101 cm³/mol. The fourth-order valence-corrected chi connectivity index (χ4v) is 5.21. The highest BCUT2D eigenvalue weighted by Gasteiger charge is 2.35. The van der Waals surface area contributed by atoms with Gasteiger partial charge in [0.05, 0.1) is 11.6 Å². The number of nitrogens with one attached hydrogen (secondary N) is 2. The molecule has 5 nitrogen and oxygen atoms in total. The molecule has 0 saturated heterocycles. The number of fused-ring (bicyclic) bond motifs is 2. The minimum atomic E-state index is -3.80. The number of anilines is 1. The number of rotatable bonds is 3. The van der Waals surface area contributed by atoms with E-state index in [1.165, 1.54) is 5.56 Å². The Morgan fingerprint density at radius 1 is 1.24 bits per heavy atom. The van der Waals surface area contributed by atoms with E-state index < -0.39 is 15.9 Å². The standard InChI is InChI=1S/C18H18ClN3O2S/c19-18-17(15-4-2-1-3-5-16(15)21-18)25(23,24)22-14-7-6-12-8-9-20-11-13(12)10-14/h2-7,10,15,20,22H,1,8-9,11H2. The Labute approximate surface area is 152 Å². The molecule has 1 aliphatic carbocycles. The first-order chi connectivity index (χ1) is 12.0. The zero-order valence-corrected chi connectivity index (χ0v) is 15.1. The molecule has 1 aromatic carbocycles. The van der Waals surface area contributed by atoms with Gasteiger partial charge in [0, 0.05) is 12.2 Å². The van der Waals surface area contributed by atoms with Crippen molar-refractivity contribution in [1.82, 2.24) is 5.32 Å². The van der Waals surface area contributed by atoms with E-state index in [1.54, 1.807) is 6.07 Å². The quantitative estimate of drug-likeness (QED) is 0.630. The van der Waals surface area contributed by atoms with Crippen molar-refractivity contribution in [1.29, 1.82) is 0 Å². The summed E-state index contributed by atoms with van der Waals surface area (Å²) in [5.41, 5.74) is 3.57. The molecule has 25 heavy (non-hydrogen) atoms. The Bertz CT molecular complexity index is 945. The van der Waals surface area contributed by atoms with E-state index in [0.29, 0.717) is 11.4 Å². The maximum absolute atomic E-state index is 12.9. The van der Waals surface area contributed by atoms with Crippen molar-refractivity contribution in [2.24, 2.45) is 10.9 Å². The zero-order chi connectivity index (χ0) is 17.4. The zero-order valence-electron chi connectivity index (χ0n) is 13.5. The van der Waals surface area contributed by atoms with Crippen LogP contribution in [0.4, 0.5) is 5.69 Å². The van der Waals surface area contributed by atoms with Crippen LogP contribution in [0.2, 0.25) is 0 Å². The van der Waals surface area contributed by atoms with Crippen LogP contribution in [0, 0.1) is 5.92 Å². The summed E-state index contributed by atoms with van der Waals surface area (Å²) in [6.45, 7) is 1.69. The van der Waals surface area contributed by atoms with Gasteiger partial charge in [0.1, 0.15) is 10.1 Å². The Morgan fingerprint density at radius 3 is 3.00 bits per heavy atom. The Hall–Kier alpha value is -1.89. The van der Waals surface area contributed by atoms with Gasteiger partial charge in [-0.2, -0.15) is 0 Å². The molecule has 1 atom stereocenters. The van der Waals surface area contributed by atoms with Gasteiger partial charge in [0.2, 0.25) is 0 Å². The SMILES string of the molecule is O=S(=O)(Nc1ccc2c(c1)CNCC2)C1=C(Cl)N=C2C=CCC=CC21. The topological polar surface area (TPSA) is 70.6 Å². The van der Waals surface area contributed by atoms with Crippen LogP contribution in [-0.4, -0.2) is 20.7 Å². The summed E-state index contributed by atoms with van der Waals surface area (Å²) in [7, 11) is -3.80. The lowest BCUT2D eigenvalue weighted by atomic mass is 10.0. The van der Waals surface area contributed by atoms with Gasteiger partial charge >= 0.3 is 0 Å². The molecule has 0 aromatic heterocycles. The Kier molecular flexibility index (Phi) is 4.27. The van der Waals surface area contributed by atoms with Crippen LogP contribution in [-0.2, 0) is 23.0 Å². The van der Waals surface area contributed by atoms with E-state index in [0.717, 1.165) is 31.5 Å². The van der Waals surface area contributed by atoms with E-state index in [-0.39, 0.29) is 10.1 Å². The second kappa shape index (κ2) is 6.44. The number of sulfonamides is 1. The third kappa shape index (κ3) is 3.17. The summed E-state index contributed by atoms with van der Waals surface area (Å²) in [5.74, 6) is -0.428. The molecular weight excluding hydrogens is 358 g/mol. The van der Waals surface area contributed by atoms with E-state index in [2.05, 4.69) is 15.0 Å². The summed E-state index contributed by atoms with van der Waals surface area (Å²) < 4.78 is 28.6. The van der Waals surface area contributed by atoms with Crippen LogP contribution in [0.5, 0.6) is 0 Å². The fraction of sp³-hybridized carbons (Fsp3) is 0.278. The molecule has 0 amide bonds. The lowest BCUT2D eigenvalue weighted by molar-refractivity contribution is 0.605. The first-order valence-corrected chi connectivity index (χ1v) is 10.1. The highest BCUT2D eigenvalue weighted by atomic mass is 35.5. The van der Waals surface area contributed by atoms with Gasteiger partial charge in [0.15, 0.2) is 0 Å². The Balaban J connectivity index is 1.64. The molecule has 1 aromatic rings. The van der Waals surface area contributed by atoms with Crippen LogP contribution < -0.4 is 10.0 Å². The molecule has 2 heterocycles. The van der Waals surface area contributed by atoms with Crippen LogP contribution in [0.1, 0.15) is 17.5 Å². The van der Waals surface area contributed by atoms with Crippen molar-refractivity contribution >= 4 is 33.0 Å². The van der Waals surface area contributed by atoms with Crippen molar-refractivity contribution in [2.45, 2.75) is 19.4 Å². The summed E-state index contributed by atoms with van der Waals surface area (Å²) in [6, 6.07) is 5.66. The van der Waals surface area contributed by atoms with E-state index in [4.69, 9.17) is 11.6 Å². The smallest absolute Gasteiger partial charge is 0.262 e. The second-order valence-electron chi connectivity index (χ2n) is 6.25. The van der Waals surface area contributed by atoms with Crippen molar-refractivity contribution in [3.8, 4) is 0 Å². The van der Waals surface area contributed by atoms with Gasteiger partial charge in [-0.25, -0.2) is 13.4 Å². The second-order valence-corrected chi connectivity index (χ2v) is 8.26. The molecule has 130 valence electrons. The number of nitrogens with zero attached hydrogens (tertiary/aromatic N) is 1. The third-order valence-electron chi connectivity index (χ3n) is 4.56. The van der Waals surface area contributed by atoms with E-state index in [9.17, 15) is 8.42 Å². The molecule has 1 unspecified atom stereocenters. The number of allylic oxidation sites excluding steroid dienone is 5. The van der Waals surface area contributed by atoms with Gasteiger partial charge in [-0.1, -0.05) is 35.9 Å². The summed E-state index contributed by atoms with van der Waals surface area (Å²) in [6.07, 6.45) is 9.26. The van der Waals surface area contributed by atoms with E-state index in [1.807, 2.05) is 36.4 Å². The molecule has 7 heteroatoms. The summed E-state index contributed by atoms with van der Waals surface area (Å²) in [4.78, 5) is 4.34. The first-order valence-electron chi connectivity index (χ1n) is 8.21. The minimum Gasteiger partial charge on any atom is -0.312 e. The van der Waals surface area contributed by atoms with Gasteiger partial charge < -0.3 is 5.32 Å². The van der Waals surface area contributed by atoms with Gasteiger partial charge in [0.25, 0.3) is 10.0 Å². The van der Waals surface area contributed by atoms with Crippen molar-refractivity contribution in [2.75, 3.05) is 11.3 Å². The van der Waals surface area contributed by atoms with Crippen LogP contribution in [0.3, 0.4) is 0 Å². The highest BCUT2D eigenvalue weighted by Crippen LogP contribution is 2.36. The number of hydrogen-bond acceptors (Lipinski definition) is 4. The molecule has 3 aliphatic rings. The van der Waals surface area contributed by atoms with Crippen LogP contribution >= 0.6 is 11.6 Å². The number of aliphatic imine (C=N–C) groups is 1. The van der Waals surface area contributed by atoms with Crippen molar-refractivity contribution in [3.05, 3.63) is 63.7 Å². The molecule has 2 N–H and O–H groups in total. The minimum absolute atomic E-state index is 0.0309. The van der Waals surface area contributed by atoms with Gasteiger partial charge in [-0.15, -0.1) is 0 Å². The van der Waals surface area contributed by atoms with Gasteiger partial charge in [-0.05, 0) is 48.7 Å². The molecule has 0 fully saturated rings. The molecule has 0 saturated carbocycles. The summed E-state index contributed by atoms with van der Waals surface area (Å²) in [5, 5.41) is 3.33. The maximum Gasteiger partial charge on any atom is 0.262 e. The molecule has 4 rings (SSSR count). The largest absolute Gasteiger partial charge is 0.312 e. The van der Waals surface area contributed by atoms with E-state index >= 15 is 0 Å². The van der Waals surface area contributed by atoms with Crippen LogP contribution in [0.25, 0.3) is 0 Å². The monoisotopic (exact) mass is 375 g/mol. The molecule has 2 aliphatic heterocycles. The summed E-state index contributed by atoms with van der Waals surface area (Å²) >= 11 is 6.17. The van der Waals surface area contributed by atoms with Crippen molar-refractivity contribution in [3.63, 3.8) is 0 Å². The maximum atomic E-state index is 12.9. The normalized spacial score (nSPS) is 22.3. The highest BCUT2D eigenvalue weighted by molar-refractivity contribution is 7.96. The number of benzene rings is 1. The predicted octanol–water partition coefficient (Wildman–Crippen LogP) is 3.07. The van der Waals surface area contributed by atoms with Crippen molar-refractivity contribution < 1.29 is 8.42 Å². The van der Waals surface area contributed by atoms with Gasteiger partial charge in [-0.3, -0.25) is 4.72 Å². The lowest BCUT2D eigenvalue weighted by Gasteiger charge is -2.19. The Morgan fingerprint density at radius 2 is 2.12 bits per heavy atom.